The van der Waals surface area contributed by atoms with Crippen LogP contribution in [0.1, 0.15) is 47.5 Å². The van der Waals surface area contributed by atoms with Gasteiger partial charge in [0.2, 0.25) is 5.91 Å². The topological polar surface area (TPSA) is 134 Å². The van der Waals surface area contributed by atoms with Crippen molar-refractivity contribution in [2.45, 2.75) is 71.2 Å². The van der Waals surface area contributed by atoms with Crippen LogP contribution in [-0.2, 0) is 14.3 Å². The van der Waals surface area contributed by atoms with Crippen molar-refractivity contribution in [3.05, 3.63) is 0 Å². The van der Waals surface area contributed by atoms with Crippen molar-refractivity contribution in [3.63, 3.8) is 0 Å². The van der Waals surface area contributed by atoms with Crippen molar-refractivity contribution in [2.75, 3.05) is 6.54 Å². The molecule has 0 saturated carbocycles. The van der Waals surface area contributed by atoms with Crippen LogP contribution in [0.4, 0.5) is 4.79 Å². The normalized spacial score (nSPS) is 21.8. The van der Waals surface area contributed by atoms with Gasteiger partial charge in [0.25, 0.3) is 5.91 Å². The fourth-order valence-electron chi connectivity index (χ4n) is 2.78. The third-order valence-corrected chi connectivity index (χ3v) is 3.73. The molecule has 3 atom stereocenters. The summed E-state index contributed by atoms with van der Waals surface area (Å²) in [5, 5.41) is 11.5. The zero-order valence-corrected chi connectivity index (χ0v) is 15.5. The summed E-state index contributed by atoms with van der Waals surface area (Å²) in [7, 11) is 0. The fourth-order valence-corrected chi connectivity index (χ4v) is 2.78. The zero-order valence-electron chi connectivity index (χ0n) is 15.5. The minimum absolute atomic E-state index is 0.130. The van der Waals surface area contributed by atoms with Gasteiger partial charge in [0.1, 0.15) is 17.7 Å². The summed E-state index contributed by atoms with van der Waals surface area (Å²) in [6.45, 7) is 9.21. The second kappa shape index (κ2) is 8.48. The number of nitrogens with one attached hydrogen (secondary N) is 2. The summed E-state index contributed by atoms with van der Waals surface area (Å²) in [5.41, 5.74) is 6.74. The maximum atomic E-state index is 12.9. The lowest BCUT2D eigenvalue weighted by Gasteiger charge is -2.29. The lowest BCUT2D eigenvalue weighted by atomic mass is 10.0. The molecule has 144 valence electrons. The predicted molar refractivity (Wildman–Crippen MR) is 90.6 cm³/mol. The van der Waals surface area contributed by atoms with Crippen molar-refractivity contribution in [1.29, 1.82) is 0 Å². The van der Waals surface area contributed by atoms with Gasteiger partial charge in [-0.25, -0.2) is 10.3 Å². The Morgan fingerprint density at radius 3 is 2.40 bits per heavy atom. The Balaban J connectivity index is 2.91. The van der Waals surface area contributed by atoms with Crippen LogP contribution in [0.15, 0.2) is 0 Å². The Morgan fingerprint density at radius 2 is 1.92 bits per heavy atom. The van der Waals surface area contributed by atoms with Crippen molar-refractivity contribution < 1.29 is 24.3 Å². The Bertz CT molecular complexity index is 503. The van der Waals surface area contributed by atoms with Gasteiger partial charge in [-0.3, -0.25) is 14.8 Å². The molecule has 1 heterocycles. The highest BCUT2D eigenvalue weighted by Gasteiger charge is 2.41. The summed E-state index contributed by atoms with van der Waals surface area (Å²) in [4.78, 5) is 38.1. The van der Waals surface area contributed by atoms with E-state index in [1.54, 1.807) is 26.3 Å². The van der Waals surface area contributed by atoms with E-state index in [1.165, 1.54) is 4.90 Å². The second-order valence-electron chi connectivity index (χ2n) is 7.81. The highest BCUT2D eigenvalue weighted by Crippen LogP contribution is 2.20. The molecule has 9 heteroatoms. The number of amides is 3. The third-order valence-electron chi connectivity index (χ3n) is 3.73. The number of hydrogen-bond acceptors (Lipinski definition) is 6. The molecule has 0 spiro atoms. The molecule has 0 aromatic carbocycles. The molecule has 9 nitrogen and oxygen atoms in total. The zero-order chi connectivity index (χ0) is 19.4. The molecule has 0 aliphatic carbocycles. The van der Waals surface area contributed by atoms with Crippen molar-refractivity contribution in [3.8, 4) is 0 Å². The molecule has 5 N–H and O–H groups in total. The SMILES string of the molecule is CC(C)C[C@H](NC(=O)OC(C)(C)C)C(=O)N1C[C@@H](N)C[C@H]1C(=O)NO. The lowest BCUT2D eigenvalue weighted by molar-refractivity contribution is -0.143. The van der Waals surface area contributed by atoms with E-state index < -0.39 is 35.6 Å². The molecule has 0 bridgehead atoms. The maximum absolute atomic E-state index is 12.9. The first-order valence-corrected chi connectivity index (χ1v) is 8.44. The quantitative estimate of drug-likeness (QED) is 0.414. The molecule has 1 saturated heterocycles. The average molecular weight is 358 g/mol. The minimum Gasteiger partial charge on any atom is -0.444 e. The molecular formula is C16H30N4O5. The van der Waals surface area contributed by atoms with E-state index in [2.05, 4.69) is 5.32 Å². The maximum Gasteiger partial charge on any atom is 0.408 e. The van der Waals surface area contributed by atoms with Crippen molar-refractivity contribution in [1.82, 2.24) is 15.7 Å². The van der Waals surface area contributed by atoms with Crippen LogP contribution in [-0.4, -0.2) is 58.3 Å². The molecule has 0 aromatic heterocycles. The smallest absolute Gasteiger partial charge is 0.408 e. The molecule has 1 rings (SSSR count). The first-order valence-electron chi connectivity index (χ1n) is 8.44. The van der Waals surface area contributed by atoms with E-state index in [0.717, 1.165) is 0 Å². The standard InChI is InChI=1S/C16H30N4O5/c1-9(2)6-11(18-15(23)25-16(3,4)5)14(22)20-8-10(17)7-12(20)13(21)19-24/h9-12,24H,6-8,17H2,1-5H3,(H,18,23)(H,19,21)/t10-,11-,12-/m0/s1. The average Bonchev–Trinajstić information content (AvgIpc) is 2.84. The van der Waals surface area contributed by atoms with E-state index in [-0.39, 0.29) is 24.9 Å². The number of hydrogen-bond donors (Lipinski definition) is 4. The number of hydroxylamine groups is 1. The van der Waals surface area contributed by atoms with E-state index in [4.69, 9.17) is 15.7 Å². The molecule has 0 radical (unpaired) electrons. The van der Waals surface area contributed by atoms with Crippen LogP contribution in [0.5, 0.6) is 0 Å². The van der Waals surface area contributed by atoms with Crippen LogP contribution in [0.25, 0.3) is 0 Å². The molecule has 1 fully saturated rings. The number of carbonyl (C=O) groups is 3. The van der Waals surface area contributed by atoms with Gasteiger partial charge >= 0.3 is 6.09 Å². The van der Waals surface area contributed by atoms with Gasteiger partial charge in [-0.05, 0) is 39.5 Å². The van der Waals surface area contributed by atoms with Crippen molar-refractivity contribution in [2.24, 2.45) is 11.7 Å². The molecule has 1 aliphatic rings. The third kappa shape index (κ3) is 6.50. The van der Waals surface area contributed by atoms with Crippen molar-refractivity contribution >= 4 is 17.9 Å². The summed E-state index contributed by atoms with van der Waals surface area (Å²) in [6.07, 6.45) is -0.0610. The summed E-state index contributed by atoms with van der Waals surface area (Å²) < 4.78 is 5.21. The number of ether oxygens (including phenoxy) is 1. The highest BCUT2D eigenvalue weighted by atomic mass is 16.6. The predicted octanol–water partition coefficient (Wildman–Crippen LogP) is 0.359. The molecule has 3 amide bonds. The molecule has 25 heavy (non-hydrogen) atoms. The Morgan fingerprint density at radius 1 is 1.32 bits per heavy atom. The van der Waals surface area contributed by atoms with Crippen LogP contribution >= 0.6 is 0 Å². The molecule has 0 aromatic rings. The molecule has 1 aliphatic heterocycles. The van der Waals surface area contributed by atoms with Crippen LogP contribution in [0.3, 0.4) is 0 Å². The number of likely N-dealkylation sites (tertiary alicyclic amines) is 1. The fraction of sp³-hybridized carbons (Fsp3) is 0.812. The highest BCUT2D eigenvalue weighted by molar-refractivity contribution is 5.91. The van der Waals surface area contributed by atoms with Gasteiger partial charge in [0, 0.05) is 12.6 Å². The molecule has 0 unspecified atom stereocenters. The van der Waals surface area contributed by atoms with Gasteiger partial charge < -0.3 is 20.7 Å². The second-order valence-corrected chi connectivity index (χ2v) is 7.81. The minimum atomic E-state index is -0.859. The summed E-state index contributed by atoms with van der Waals surface area (Å²) in [6, 6.07) is -2.07. The summed E-state index contributed by atoms with van der Waals surface area (Å²) >= 11 is 0. The van der Waals surface area contributed by atoms with Gasteiger partial charge in [-0.2, -0.15) is 0 Å². The first kappa shape index (κ1) is 21.2. The number of alkyl carbamates (subject to hydrolysis) is 1. The Labute approximate surface area is 148 Å². The first-order chi connectivity index (χ1) is 11.4. The van der Waals surface area contributed by atoms with Crippen LogP contribution in [0.2, 0.25) is 0 Å². The number of nitrogens with two attached hydrogens (primary N) is 1. The van der Waals surface area contributed by atoms with Crippen LogP contribution in [0, 0.1) is 5.92 Å². The molecular weight excluding hydrogens is 328 g/mol. The van der Waals surface area contributed by atoms with Gasteiger partial charge in [-0.1, -0.05) is 13.8 Å². The van der Waals surface area contributed by atoms with Crippen LogP contribution < -0.4 is 16.5 Å². The lowest BCUT2D eigenvalue weighted by Crippen LogP contribution is -2.54. The number of rotatable bonds is 5. The Hall–Kier alpha value is -1.87. The summed E-state index contributed by atoms with van der Waals surface area (Å²) in [5.74, 6) is -0.978. The monoisotopic (exact) mass is 358 g/mol. The van der Waals surface area contributed by atoms with E-state index >= 15 is 0 Å². The van der Waals surface area contributed by atoms with E-state index in [1.807, 2.05) is 13.8 Å². The largest absolute Gasteiger partial charge is 0.444 e. The van der Waals surface area contributed by atoms with Gasteiger partial charge in [0.05, 0.1) is 0 Å². The van der Waals surface area contributed by atoms with E-state index in [9.17, 15) is 14.4 Å². The van der Waals surface area contributed by atoms with Gasteiger partial charge in [0.15, 0.2) is 0 Å². The van der Waals surface area contributed by atoms with Gasteiger partial charge in [-0.15, -0.1) is 0 Å². The van der Waals surface area contributed by atoms with E-state index in [0.29, 0.717) is 6.42 Å². The number of nitrogens with zero attached hydrogens (tertiary/aromatic N) is 1. The Kier molecular flexibility index (Phi) is 7.18. The number of carbonyl (C=O) groups excluding carboxylic acids is 3.